The maximum atomic E-state index is 12.4. The number of H-pyrrole nitrogens is 1. The van der Waals surface area contributed by atoms with Crippen LogP contribution in [0.2, 0.25) is 0 Å². The summed E-state index contributed by atoms with van der Waals surface area (Å²) >= 11 is 3.33. The van der Waals surface area contributed by atoms with Crippen LogP contribution in [0, 0.1) is 6.92 Å². The van der Waals surface area contributed by atoms with Crippen LogP contribution in [0.25, 0.3) is 11.4 Å². The third-order valence-electron chi connectivity index (χ3n) is 4.84. The highest BCUT2D eigenvalue weighted by Crippen LogP contribution is 2.20. The molecule has 30 heavy (non-hydrogen) atoms. The number of anilines is 1. The molecule has 1 saturated heterocycles. The molecule has 156 valence electrons. The number of hydrogen-bond donors (Lipinski definition) is 2. The summed E-state index contributed by atoms with van der Waals surface area (Å²) in [4.78, 5) is 19.3. The number of aromatic nitrogens is 3. The number of carbonyl (C=O) groups is 1. The second-order valence-corrected chi connectivity index (χ2v) is 9.43. The van der Waals surface area contributed by atoms with Crippen LogP contribution < -0.4 is 5.32 Å². The van der Waals surface area contributed by atoms with Gasteiger partial charge in [0.05, 0.1) is 5.75 Å². The van der Waals surface area contributed by atoms with Gasteiger partial charge in [-0.2, -0.15) is 11.8 Å². The molecule has 0 bridgehead atoms. The number of aromatic amines is 1. The molecule has 0 saturated carbocycles. The summed E-state index contributed by atoms with van der Waals surface area (Å²) in [6.07, 6.45) is 0. The molecule has 1 fully saturated rings. The largest absolute Gasteiger partial charge is 0.325 e. The zero-order chi connectivity index (χ0) is 20.8. The Bertz CT molecular complexity index is 983. The Morgan fingerprint density at radius 2 is 2.00 bits per heavy atom. The van der Waals surface area contributed by atoms with Crippen LogP contribution in [-0.4, -0.2) is 56.3 Å². The lowest BCUT2D eigenvalue weighted by Gasteiger charge is -2.26. The van der Waals surface area contributed by atoms with E-state index in [1.54, 1.807) is 0 Å². The van der Waals surface area contributed by atoms with E-state index in [1.165, 1.54) is 34.4 Å². The van der Waals surface area contributed by atoms with Gasteiger partial charge in [0.15, 0.2) is 5.82 Å². The van der Waals surface area contributed by atoms with Crippen molar-refractivity contribution < 1.29 is 4.79 Å². The fraction of sp³-hybridized carbons (Fsp3) is 0.318. The molecule has 4 rings (SSSR count). The summed E-state index contributed by atoms with van der Waals surface area (Å²) in [5, 5.41) is 10.7. The van der Waals surface area contributed by atoms with Crippen LogP contribution >= 0.6 is 23.5 Å². The van der Waals surface area contributed by atoms with Gasteiger partial charge in [0.25, 0.3) is 0 Å². The number of nitrogens with zero attached hydrogens (tertiary/aromatic N) is 3. The van der Waals surface area contributed by atoms with Crippen molar-refractivity contribution >= 4 is 35.1 Å². The van der Waals surface area contributed by atoms with Crippen molar-refractivity contribution in [3.05, 3.63) is 59.7 Å². The highest BCUT2D eigenvalue weighted by atomic mass is 32.2. The minimum absolute atomic E-state index is 0.0618. The highest BCUT2D eigenvalue weighted by Gasteiger charge is 2.12. The number of nitrogens with one attached hydrogen (secondary N) is 2. The predicted octanol–water partition coefficient (Wildman–Crippen LogP) is 4.06. The van der Waals surface area contributed by atoms with Crippen LogP contribution in [0.5, 0.6) is 0 Å². The van der Waals surface area contributed by atoms with Gasteiger partial charge in [0, 0.05) is 42.4 Å². The van der Waals surface area contributed by atoms with Gasteiger partial charge in [0.2, 0.25) is 11.1 Å². The van der Waals surface area contributed by atoms with Gasteiger partial charge < -0.3 is 5.32 Å². The first-order valence-electron chi connectivity index (χ1n) is 9.97. The second-order valence-electron chi connectivity index (χ2n) is 7.26. The van der Waals surface area contributed by atoms with E-state index in [9.17, 15) is 4.79 Å². The molecule has 1 aromatic heterocycles. The van der Waals surface area contributed by atoms with Crippen LogP contribution in [-0.2, 0) is 11.3 Å². The Morgan fingerprint density at radius 1 is 1.20 bits per heavy atom. The van der Waals surface area contributed by atoms with Crippen LogP contribution in [0.3, 0.4) is 0 Å². The van der Waals surface area contributed by atoms with E-state index in [1.807, 2.05) is 55.1 Å². The molecule has 0 unspecified atom stereocenters. The van der Waals surface area contributed by atoms with Gasteiger partial charge in [-0.05, 0) is 24.6 Å². The number of thioether (sulfide) groups is 2. The average molecular weight is 440 g/mol. The molecule has 1 aliphatic heterocycles. The first-order chi connectivity index (χ1) is 14.7. The van der Waals surface area contributed by atoms with E-state index in [4.69, 9.17) is 0 Å². The molecule has 3 aromatic rings. The number of carbonyl (C=O) groups excluding carboxylic acids is 1. The number of benzene rings is 2. The first-order valence-corrected chi connectivity index (χ1v) is 12.1. The monoisotopic (exact) mass is 439 g/mol. The van der Waals surface area contributed by atoms with Crippen molar-refractivity contribution in [1.82, 2.24) is 20.1 Å². The molecule has 1 aliphatic rings. The number of hydrogen-bond acceptors (Lipinski definition) is 6. The van der Waals surface area contributed by atoms with Crippen LogP contribution in [0.15, 0.2) is 53.7 Å². The molecule has 0 spiro atoms. The first kappa shape index (κ1) is 21.0. The van der Waals surface area contributed by atoms with Crippen molar-refractivity contribution in [2.45, 2.75) is 18.6 Å². The van der Waals surface area contributed by atoms with E-state index in [0.29, 0.717) is 11.0 Å². The second kappa shape index (κ2) is 10.1. The maximum Gasteiger partial charge on any atom is 0.234 e. The third-order valence-corrected chi connectivity index (χ3v) is 6.63. The average Bonchev–Trinajstić information content (AvgIpc) is 3.23. The summed E-state index contributed by atoms with van der Waals surface area (Å²) in [6.45, 7) is 5.23. The molecule has 0 radical (unpaired) electrons. The van der Waals surface area contributed by atoms with E-state index >= 15 is 0 Å². The van der Waals surface area contributed by atoms with Gasteiger partial charge in [-0.25, -0.2) is 4.98 Å². The molecule has 0 aliphatic carbocycles. The van der Waals surface area contributed by atoms with Gasteiger partial charge in [-0.1, -0.05) is 53.7 Å². The maximum absolute atomic E-state index is 12.4. The number of amides is 1. The van der Waals surface area contributed by atoms with Gasteiger partial charge in [-0.15, -0.1) is 5.10 Å². The van der Waals surface area contributed by atoms with E-state index in [0.717, 1.165) is 30.9 Å². The quantitative estimate of drug-likeness (QED) is 0.541. The van der Waals surface area contributed by atoms with E-state index in [-0.39, 0.29) is 11.7 Å². The number of aryl methyl sites for hydroxylation is 1. The SMILES string of the molecule is Cc1ccc(-c2nc(SCC(=O)Nc3cccc(CN4CCSCC4)c3)n[nH]2)cc1. The normalized spacial score (nSPS) is 14.6. The lowest BCUT2D eigenvalue weighted by atomic mass is 10.1. The zero-order valence-electron chi connectivity index (χ0n) is 16.9. The minimum atomic E-state index is -0.0618. The van der Waals surface area contributed by atoms with Crippen molar-refractivity contribution in [3.8, 4) is 11.4 Å². The molecular weight excluding hydrogens is 414 g/mol. The standard InChI is InChI=1S/C22H25N5OS2/c1-16-5-7-18(8-6-16)21-24-22(26-25-21)30-15-20(28)23-19-4-2-3-17(13-19)14-27-9-11-29-12-10-27/h2-8,13H,9-12,14-15H2,1H3,(H,23,28)(H,24,25,26). The Balaban J connectivity index is 1.29. The molecule has 1 amide bonds. The highest BCUT2D eigenvalue weighted by molar-refractivity contribution is 7.99. The zero-order valence-corrected chi connectivity index (χ0v) is 18.6. The van der Waals surface area contributed by atoms with Crippen molar-refractivity contribution in [2.24, 2.45) is 0 Å². The summed E-state index contributed by atoms with van der Waals surface area (Å²) in [7, 11) is 0. The smallest absolute Gasteiger partial charge is 0.234 e. The minimum Gasteiger partial charge on any atom is -0.325 e. The lowest BCUT2D eigenvalue weighted by Crippen LogP contribution is -2.31. The van der Waals surface area contributed by atoms with Gasteiger partial charge in [-0.3, -0.25) is 14.8 Å². The third kappa shape index (κ3) is 5.87. The fourth-order valence-electron chi connectivity index (χ4n) is 3.24. The fourth-order valence-corrected chi connectivity index (χ4v) is 4.82. The Labute approximate surface area is 185 Å². The molecule has 0 atom stereocenters. The Hall–Kier alpha value is -2.29. The Morgan fingerprint density at radius 3 is 2.80 bits per heavy atom. The summed E-state index contributed by atoms with van der Waals surface area (Å²) in [5.74, 6) is 3.30. The molecule has 8 heteroatoms. The van der Waals surface area contributed by atoms with Crippen molar-refractivity contribution in [3.63, 3.8) is 0 Å². The van der Waals surface area contributed by atoms with Gasteiger partial charge >= 0.3 is 0 Å². The molecule has 6 nitrogen and oxygen atoms in total. The predicted molar refractivity (Wildman–Crippen MR) is 125 cm³/mol. The van der Waals surface area contributed by atoms with Crippen LogP contribution in [0.4, 0.5) is 5.69 Å². The van der Waals surface area contributed by atoms with Crippen molar-refractivity contribution in [1.29, 1.82) is 0 Å². The number of rotatable bonds is 7. The lowest BCUT2D eigenvalue weighted by molar-refractivity contribution is -0.113. The van der Waals surface area contributed by atoms with E-state index < -0.39 is 0 Å². The molecule has 2 N–H and O–H groups in total. The summed E-state index contributed by atoms with van der Waals surface area (Å²) in [5.41, 5.74) is 4.24. The van der Waals surface area contributed by atoms with Crippen molar-refractivity contribution in [2.75, 3.05) is 35.7 Å². The van der Waals surface area contributed by atoms with Crippen LogP contribution in [0.1, 0.15) is 11.1 Å². The topological polar surface area (TPSA) is 73.9 Å². The van der Waals surface area contributed by atoms with E-state index in [2.05, 4.69) is 37.5 Å². The molecule has 2 heterocycles. The summed E-state index contributed by atoms with van der Waals surface area (Å²) in [6, 6.07) is 16.2. The van der Waals surface area contributed by atoms with Gasteiger partial charge in [0.1, 0.15) is 0 Å². The Kier molecular flexibility index (Phi) is 7.09. The summed E-state index contributed by atoms with van der Waals surface area (Å²) < 4.78 is 0. The molecular formula is C22H25N5OS2. The molecule has 2 aromatic carbocycles.